The molecular weight excluding hydrogens is 432 g/mol. The van der Waals surface area contributed by atoms with Crippen LogP contribution in [0.2, 0.25) is 5.02 Å². The van der Waals surface area contributed by atoms with E-state index in [1.807, 2.05) is 59.3 Å². The summed E-state index contributed by atoms with van der Waals surface area (Å²) in [4.78, 5) is 4.11. The summed E-state index contributed by atoms with van der Waals surface area (Å²) < 4.78 is 21.3. The Morgan fingerprint density at radius 2 is 1.96 bits per heavy atom. The van der Waals surface area contributed by atoms with Crippen LogP contribution in [0.25, 0.3) is 0 Å². The van der Waals surface area contributed by atoms with Crippen LogP contribution in [-0.2, 0) is 21.8 Å². The lowest BCUT2D eigenvalue weighted by Crippen LogP contribution is -2.34. The van der Waals surface area contributed by atoms with Gasteiger partial charge in [-0.1, -0.05) is 39.7 Å². The van der Waals surface area contributed by atoms with Gasteiger partial charge in [0.05, 0.1) is 19.5 Å². The fourth-order valence-electron chi connectivity index (χ4n) is 3.02. The Morgan fingerprint density at radius 1 is 1.19 bits per heavy atom. The molecule has 0 amide bonds. The average Bonchev–Trinajstić information content (AvgIpc) is 3.33. The van der Waals surface area contributed by atoms with Gasteiger partial charge in [-0.15, -0.1) is 0 Å². The average molecular weight is 450 g/mol. The van der Waals surface area contributed by atoms with Crippen LogP contribution in [0.1, 0.15) is 5.56 Å². The molecule has 2 atom stereocenters. The molecule has 1 saturated heterocycles. The van der Waals surface area contributed by atoms with Gasteiger partial charge < -0.3 is 18.8 Å². The van der Waals surface area contributed by atoms with Crippen LogP contribution in [-0.4, -0.2) is 28.9 Å². The van der Waals surface area contributed by atoms with E-state index in [4.69, 9.17) is 25.8 Å². The van der Waals surface area contributed by atoms with Gasteiger partial charge in [0, 0.05) is 27.5 Å². The molecule has 1 aliphatic heterocycles. The summed E-state index contributed by atoms with van der Waals surface area (Å²) in [5.74, 6) is -0.112. The van der Waals surface area contributed by atoms with Crippen molar-refractivity contribution < 1.29 is 14.2 Å². The van der Waals surface area contributed by atoms with E-state index in [1.54, 1.807) is 12.5 Å². The largest absolute Gasteiger partial charge is 0.491 e. The first-order chi connectivity index (χ1) is 13.1. The SMILES string of the molecule is Clc1ccc(C2(Cn3ccnc3)OCC(COc3ccc(Br)cc3)O2)cc1. The van der Waals surface area contributed by atoms with Gasteiger partial charge in [-0.2, -0.15) is 0 Å². The summed E-state index contributed by atoms with van der Waals surface area (Å²) in [5, 5.41) is 0.671. The second-order valence-corrected chi connectivity index (χ2v) is 7.66. The van der Waals surface area contributed by atoms with E-state index >= 15 is 0 Å². The highest BCUT2D eigenvalue weighted by molar-refractivity contribution is 9.10. The minimum Gasteiger partial charge on any atom is -0.491 e. The van der Waals surface area contributed by atoms with Crippen LogP contribution in [0, 0.1) is 0 Å². The molecule has 5 nitrogen and oxygen atoms in total. The maximum absolute atomic E-state index is 6.35. The van der Waals surface area contributed by atoms with Crippen molar-refractivity contribution in [2.75, 3.05) is 13.2 Å². The zero-order valence-corrected chi connectivity index (χ0v) is 16.8. The first-order valence-electron chi connectivity index (χ1n) is 8.55. The van der Waals surface area contributed by atoms with Crippen LogP contribution in [0.3, 0.4) is 0 Å². The normalized spacial score (nSPS) is 22.1. The van der Waals surface area contributed by atoms with Crippen molar-refractivity contribution in [3.05, 3.63) is 82.3 Å². The highest BCUT2D eigenvalue weighted by Crippen LogP contribution is 2.36. The van der Waals surface area contributed by atoms with Crippen LogP contribution in [0.4, 0.5) is 0 Å². The first-order valence-corrected chi connectivity index (χ1v) is 9.72. The number of nitrogens with zero attached hydrogens (tertiary/aromatic N) is 2. The van der Waals surface area contributed by atoms with E-state index < -0.39 is 5.79 Å². The van der Waals surface area contributed by atoms with E-state index in [-0.39, 0.29) is 6.10 Å². The molecule has 0 saturated carbocycles. The number of halogens is 2. The standard InChI is InChI=1S/C20H18BrClN2O3/c21-16-3-7-18(8-4-16)25-11-19-12-26-20(27-19,13-24-10-9-23-14-24)15-1-5-17(22)6-2-15/h1-10,14,19H,11-13H2. The highest BCUT2D eigenvalue weighted by atomic mass is 79.9. The van der Waals surface area contributed by atoms with Gasteiger partial charge in [-0.3, -0.25) is 0 Å². The molecule has 0 aliphatic carbocycles. The third-order valence-corrected chi connectivity index (χ3v) is 5.12. The number of imidazole rings is 1. The molecule has 3 aromatic rings. The topological polar surface area (TPSA) is 45.5 Å². The van der Waals surface area contributed by atoms with E-state index in [1.165, 1.54) is 0 Å². The van der Waals surface area contributed by atoms with Crippen molar-refractivity contribution in [1.29, 1.82) is 0 Å². The molecule has 140 valence electrons. The lowest BCUT2D eigenvalue weighted by Gasteiger charge is -2.29. The lowest BCUT2D eigenvalue weighted by atomic mass is 10.1. The number of ether oxygens (including phenoxy) is 3. The molecule has 7 heteroatoms. The maximum Gasteiger partial charge on any atom is 0.214 e. The van der Waals surface area contributed by atoms with Crippen molar-refractivity contribution in [2.45, 2.75) is 18.4 Å². The molecule has 2 heterocycles. The Bertz CT molecular complexity index is 871. The molecule has 0 N–H and O–H groups in total. The lowest BCUT2D eigenvalue weighted by molar-refractivity contribution is -0.189. The van der Waals surface area contributed by atoms with Crippen molar-refractivity contribution in [1.82, 2.24) is 9.55 Å². The molecule has 0 radical (unpaired) electrons. The van der Waals surface area contributed by atoms with Gasteiger partial charge in [-0.25, -0.2) is 4.98 Å². The van der Waals surface area contributed by atoms with E-state index in [0.29, 0.717) is 24.8 Å². The first kappa shape index (κ1) is 18.5. The van der Waals surface area contributed by atoms with Gasteiger partial charge in [0.15, 0.2) is 0 Å². The van der Waals surface area contributed by atoms with Crippen molar-refractivity contribution in [3.8, 4) is 5.75 Å². The molecule has 1 aromatic heterocycles. The second kappa shape index (κ2) is 8.02. The summed E-state index contributed by atoms with van der Waals surface area (Å²) in [7, 11) is 0. The number of benzene rings is 2. The number of hydrogen-bond donors (Lipinski definition) is 0. The monoisotopic (exact) mass is 448 g/mol. The highest BCUT2D eigenvalue weighted by Gasteiger charge is 2.44. The summed E-state index contributed by atoms with van der Waals surface area (Å²) in [6, 6.07) is 15.2. The molecular formula is C20H18BrClN2O3. The van der Waals surface area contributed by atoms with Crippen molar-refractivity contribution >= 4 is 27.5 Å². The Balaban J connectivity index is 1.50. The van der Waals surface area contributed by atoms with Gasteiger partial charge in [-0.05, 0) is 36.4 Å². The summed E-state index contributed by atoms with van der Waals surface area (Å²) in [5.41, 5.74) is 0.909. The van der Waals surface area contributed by atoms with Crippen LogP contribution >= 0.6 is 27.5 Å². The van der Waals surface area contributed by atoms with E-state index in [9.17, 15) is 0 Å². The Morgan fingerprint density at radius 3 is 2.67 bits per heavy atom. The molecule has 4 rings (SSSR count). The Labute approximate surface area is 171 Å². The fourth-order valence-corrected chi connectivity index (χ4v) is 3.41. The molecule has 1 fully saturated rings. The molecule has 27 heavy (non-hydrogen) atoms. The van der Waals surface area contributed by atoms with Crippen molar-refractivity contribution in [3.63, 3.8) is 0 Å². The Kier molecular flexibility index (Phi) is 5.50. The van der Waals surface area contributed by atoms with Gasteiger partial charge in [0.25, 0.3) is 0 Å². The summed E-state index contributed by atoms with van der Waals surface area (Å²) in [6.45, 7) is 1.33. The summed E-state index contributed by atoms with van der Waals surface area (Å²) in [6.07, 6.45) is 5.18. The third kappa shape index (κ3) is 4.35. The van der Waals surface area contributed by atoms with Crippen LogP contribution in [0.15, 0.2) is 71.7 Å². The maximum atomic E-state index is 6.35. The van der Waals surface area contributed by atoms with Crippen molar-refractivity contribution in [2.24, 2.45) is 0 Å². The van der Waals surface area contributed by atoms with E-state index in [0.717, 1.165) is 15.8 Å². The smallest absolute Gasteiger partial charge is 0.214 e. The minimum atomic E-state index is -0.904. The number of aromatic nitrogens is 2. The van der Waals surface area contributed by atoms with Crippen LogP contribution < -0.4 is 4.74 Å². The number of rotatable bonds is 6. The van der Waals surface area contributed by atoms with Gasteiger partial charge in [0.1, 0.15) is 18.5 Å². The number of hydrogen-bond acceptors (Lipinski definition) is 4. The molecule has 0 spiro atoms. The van der Waals surface area contributed by atoms with E-state index in [2.05, 4.69) is 20.9 Å². The van der Waals surface area contributed by atoms with Gasteiger partial charge in [0.2, 0.25) is 5.79 Å². The fraction of sp³-hybridized carbons (Fsp3) is 0.250. The third-order valence-electron chi connectivity index (χ3n) is 4.34. The van der Waals surface area contributed by atoms with Crippen LogP contribution in [0.5, 0.6) is 5.75 Å². The second-order valence-electron chi connectivity index (χ2n) is 6.31. The quantitative estimate of drug-likeness (QED) is 0.550. The predicted molar refractivity (Wildman–Crippen MR) is 106 cm³/mol. The Hall–Kier alpha value is -1.86. The molecule has 2 aromatic carbocycles. The molecule has 0 bridgehead atoms. The minimum absolute atomic E-state index is 0.187. The predicted octanol–water partition coefficient (Wildman–Crippen LogP) is 4.65. The molecule has 2 unspecified atom stereocenters. The summed E-state index contributed by atoms with van der Waals surface area (Å²) >= 11 is 9.46. The van der Waals surface area contributed by atoms with Gasteiger partial charge >= 0.3 is 0 Å². The zero-order chi connectivity index (χ0) is 18.7. The molecule has 1 aliphatic rings. The zero-order valence-electron chi connectivity index (χ0n) is 14.4.